The maximum absolute atomic E-state index is 6.13. The zero-order valence-electron chi connectivity index (χ0n) is 12.3. The number of nitrogens with one attached hydrogen (secondary N) is 1. The number of hydrogen-bond donors (Lipinski definition) is 1. The molecule has 0 amide bonds. The summed E-state index contributed by atoms with van der Waals surface area (Å²) in [5.41, 5.74) is 2.15. The zero-order chi connectivity index (χ0) is 15.2. The van der Waals surface area contributed by atoms with Crippen LogP contribution in [0.25, 0.3) is 0 Å². The molecule has 0 atom stereocenters. The first-order valence-corrected chi connectivity index (χ1v) is 8.32. The van der Waals surface area contributed by atoms with Crippen LogP contribution in [-0.2, 0) is 13.1 Å². The van der Waals surface area contributed by atoms with Gasteiger partial charge in [0.25, 0.3) is 0 Å². The largest absolute Gasteiger partial charge is 0.491 e. The number of ether oxygens (including phenoxy) is 1. The maximum atomic E-state index is 6.13. The number of aryl methyl sites for hydroxylation is 1. The molecular formula is C16H20BrClN2O. The van der Waals surface area contributed by atoms with Crippen molar-refractivity contribution in [3.05, 3.63) is 45.7 Å². The van der Waals surface area contributed by atoms with Crippen molar-refractivity contribution < 1.29 is 4.74 Å². The third kappa shape index (κ3) is 4.17. The van der Waals surface area contributed by atoms with Gasteiger partial charge in [-0.2, -0.15) is 0 Å². The van der Waals surface area contributed by atoms with Crippen molar-refractivity contribution in [2.24, 2.45) is 0 Å². The van der Waals surface area contributed by atoms with Gasteiger partial charge in [-0.15, -0.1) is 0 Å². The Balaban J connectivity index is 2.17. The van der Waals surface area contributed by atoms with Crippen molar-refractivity contribution in [2.45, 2.75) is 33.4 Å². The molecule has 0 radical (unpaired) electrons. The molecule has 3 nitrogen and oxygen atoms in total. The van der Waals surface area contributed by atoms with E-state index in [1.807, 2.05) is 19.1 Å². The summed E-state index contributed by atoms with van der Waals surface area (Å²) in [6.07, 6.45) is 3.23. The second kappa shape index (κ2) is 7.76. The zero-order valence-corrected chi connectivity index (χ0v) is 14.7. The monoisotopic (exact) mass is 370 g/mol. The third-order valence-electron chi connectivity index (χ3n) is 3.15. The van der Waals surface area contributed by atoms with Gasteiger partial charge in [-0.25, -0.2) is 0 Å². The summed E-state index contributed by atoms with van der Waals surface area (Å²) >= 11 is 9.64. The van der Waals surface area contributed by atoms with E-state index in [1.54, 1.807) is 0 Å². The molecule has 114 valence electrons. The average molecular weight is 372 g/mol. The molecule has 0 spiro atoms. The Hall–Kier alpha value is -1.13. The van der Waals surface area contributed by atoms with E-state index < -0.39 is 0 Å². The number of aromatic nitrogens is 1. The van der Waals surface area contributed by atoms with Crippen molar-refractivity contribution in [2.75, 3.05) is 11.9 Å². The maximum Gasteiger partial charge on any atom is 0.156 e. The standard InChI is InChI=1S/C16H20BrClN2O/c1-3-7-20-8-5-6-13(20)11-19-15-10-12(18)9-14(17)16(15)21-4-2/h5-6,8-10,19H,3-4,7,11H2,1-2H3. The molecule has 5 heteroatoms. The lowest BCUT2D eigenvalue weighted by atomic mass is 10.2. The van der Waals surface area contributed by atoms with Gasteiger partial charge >= 0.3 is 0 Å². The molecular weight excluding hydrogens is 352 g/mol. The van der Waals surface area contributed by atoms with Crippen LogP contribution in [0.15, 0.2) is 34.9 Å². The predicted octanol–water partition coefficient (Wildman–Crippen LogP) is 5.32. The highest BCUT2D eigenvalue weighted by Gasteiger charge is 2.10. The Morgan fingerprint density at radius 3 is 2.86 bits per heavy atom. The molecule has 1 N–H and O–H groups in total. The summed E-state index contributed by atoms with van der Waals surface area (Å²) < 4.78 is 8.82. The smallest absolute Gasteiger partial charge is 0.156 e. The molecule has 0 bridgehead atoms. The summed E-state index contributed by atoms with van der Waals surface area (Å²) in [5.74, 6) is 0.801. The quantitative estimate of drug-likeness (QED) is 0.712. The van der Waals surface area contributed by atoms with Crippen LogP contribution in [0.1, 0.15) is 26.0 Å². The molecule has 0 saturated heterocycles. The van der Waals surface area contributed by atoms with Gasteiger partial charge in [-0.1, -0.05) is 18.5 Å². The van der Waals surface area contributed by atoms with Crippen LogP contribution < -0.4 is 10.1 Å². The van der Waals surface area contributed by atoms with E-state index in [0.717, 1.165) is 35.4 Å². The van der Waals surface area contributed by atoms with Crippen molar-refractivity contribution in [1.82, 2.24) is 4.57 Å². The lowest BCUT2D eigenvalue weighted by Gasteiger charge is -2.15. The van der Waals surface area contributed by atoms with E-state index in [-0.39, 0.29) is 0 Å². The molecule has 0 aliphatic rings. The highest BCUT2D eigenvalue weighted by Crippen LogP contribution is 2.36. The molecule has 1 heterocycles. The lowest BCUT2D eigenvalue weighted by Crippen LogP contribution is -2.08. The fraction of sp³-hybridized carbons (Fsp3) is 0.375. The van der Waals surface area contributed by atoms with Gasteiger partial charge < -0.3 is 14.6 Å². The second-order valence-corrected chi connectivity index (χ2v) is 6.03. The number of anilines is 1. The van der Waals surface area contributed by atoms with E-state index in [4.69, 9.17) is 16.3 Å². The third-order valence-corrected chi connectivity index (χ3v) is 3.95. The molecule has 0 unspecified atom stereocenters. The van der Waals surface area contributed by atoms with Crippen molar-refractivity contribution in [3.63, 3.8) is 0 Å². The van der Waals surface area contributed by atoms with Gasteiger partial charge in [0, 0.05) is 23.5 Å². The van der Waals surface area contributed by atoms with Gasteiger partial charge in [0.15, 0.2) is 5.75 Å². The normalized spacial score (nSPS) is 10.7. The number of benzene rings is 1. The SMILES string of the molecule is CCCn1cccc1CNc1cc(Cl)cc(Br)c1OCC. The molecule has 2 rings (SSSR count). The average Bonchev–Trinajstić information content (AvgIpc) is 2.88. The minimum Gasteiger partial charge on any atom is -0.491 e. The highest BCUT2D eigenvalue weighted by atomic mass is 79.9. The summed E-state index contributed by atoms with van der Waals surface area (Å²) in [6, 6.07) is 7.94. The Labute approximate surface area is 139 Å². The van der Waals surface area contributed by atoms with E-state index in [9.17, 15) is 0 Å². The van der Waals surface area contributed by atoms with Gasteiger partial charge in [-0.05, 0) is 53.5 Å². The molecule has 0 aliphatic heterocycles. The molecule has 0 aliphatic carbocycles. The predicted molar refractivity (Wildman–Crippen MR) is 92.4 cm³/mol. The fourth-order valence-electron chi connectivity index (χ4n) is 2.24. The molecule has 2 aromatic rings. The van der Waals surface area contributed by atoms with Gasteiger partial charge in [0.2, 0.25) is 0 Å². The van der Waals surface area contributed by atoms with E-state index in [2.05, 4.69) is 51.1 Å². The number of nitrogens with zero attached hydrogens (tertiary/aromatic N) is 1. The summed E-state index contributed by atoms with van der Waals surface area (Å²) in [7, 11) is 0. The molecule has 0 saturated carbocycles. The summed E-state index contributed by atoms with van der Waals surface area (Å²) in [5, 5.41) is 4.10. The first-order valence-electron chi connectivity index (χ1n) is 7.15. The number of rotatable bonds is 7. The van der Waals surface area contributed by atoms with Crippen molar-refractivity contribution in [1.29, 1.82) is 0 Å². The lowest BCUT2D eigenvalue weighted by molar-refractivity contribution is 0.339. The van der Waals surface area contributed by atoms with E-state index in [1.165, 1.54) is 5.69 Å². The molecule has 0 fully saturated rings. The molecule has 1 aromatic heterocycles. The molecule has 1 aromatic carbocycles. The van der Waals surface area contributed by atoms with Gasteiger partial charge in [0.05, 0.1) is 23.3 Å². The Morgan fingerprint density at radius 1 is 1.33 bits per heavy atom. The van der Waals surface area contributed by atoms with Crippen LogP contribution in [0.4, 0.5) is 5.69 Å². The first kappa shape index (κ1) is 16.2. The van der Waals surface area contributed by atoms with Crippen LogP contribution in [0.3, 0.4) is 0 Å². The molecule has 21 heavy (non-hydrogen) atoms. The van der Waals surface area contributed by atoms with Crippen molar-refractivity contribution in [3.8, 4) is 5.75 Å². The Kier molecular flexibility index (Phi) is 6.00. The number of hydrogen-bond acceptors (Lipinski definition) is 2. The summed E-state index contributed by atoms with van der Waals surface area (Å²) in [4.78, 5) is 0. The summed E-state index contributed by atoms with van der Waals surface area (Å²) in [6.45, 7) is 6.53. The topological polar surface area (TPSA) is 26.2 Å². The Bertz CT molecular complexity index is 598. The van der Waals surface area contributed by atoms with Crippen LogP contribution in [-0.4, -0.2) is 11.2 Å². The van der Waals surface area contributed by atoms with Gasteiger partial charge in [-0.3, -0.25) is 0 Å². The minimum atomic E-state index is 0.612. The van der Waals surface area contributed by atoms with Crippen LogP contribution in [0.5, 0.6) is 5.75 Å². The Morgan fingerprint density at radius 2 is 2.14 bits per heavy atom. The van der Waals surface area contributed by atoms with Crippen LogP contribution in [0, 0.1) is 0 Å². The second-order valence-electron chi connectivity index (χ2n) is 4.74. The van der Waals surface area contributed by atoms with Crippen molar-refractivity contribution >= 4 is 33.2 Å². The number of halogens is 2. The van der Waals surface area contributed by atoms with Crippen LogP contribution in [0.2, 0.25) is 5.02 Å². The van der Waals surface area contributed by atoms with E-state index in [0.29, 0.717) is 11.6 Å². The fourth-order valence-corrected chi connectivity index (χ4v) is 3.16. The first-order chi connectivity index (χ1) is 10.2. The highest BCUT2D eigenvalue weighted by molar-refractivity contribution is 9.10. The van der Waals surface area contributed by atoms with Gasteiger partial charge in [0.1, 0.15) is 0 Å². The minimum absolute atomic E-state index is 0.612. The van der Waals surface area contributed by atoms with Crippen LogP contribution >= 0.6 is 27.5 Å². The van der Waals surface area contributed by atoms with E-state index >= 15 is 0 Å².